The molecule has 1 aromatic rings. The molecule has 1 aromatic carbocycles. The van der Waals surface area contributed by atoms with Crippen molar-refractivity contribution in [3.63, 3.8) is 0 Å². The molecule has 0 fully saturated rings. The Bertz CT molecular complexity index is 458. The molecule has 0 saturated carbocycles. The molecule has 0 saturated heterocycles. The molecule has 5 nitrogen and oxygen atoms in total. The van der Waals surface area contributed by atoms with E-state index >= 15 is 0 Å². The summed E-state index contributed by atoms with van der Waals surface area (Å²) in [5.41, 5.74) is 4.28. The van der Waals surface area contributed by atoms with Gasteiger partial charge in [0.05, 0.1) is 6.21 Å². The largest absolute Gasteiger partial charge is 0.507 e. The third-order valence-electron chi connectivity index (χ3n) is 2.74. The van der Waals surface area contributed by atoms with Gasteiger partial charge in [-0.05, 0) is 38.2 Å². The van der Waals surface area contributed by atoms with E-state index in [1.54, 1.807) is 13.1 Å². The molecular weight excluding hydrogens is 260 g/mol. The van der Waals surface area contributed by atoms with E-state index in [0.717, 1.165) is 18.8 Å². The molecule has 104 valence electrons. The van der Waals surface area contributed by atoms with Crippen LogP contribution in [0.5, 0.6) is 5.75 Å². The summed E-state index contributed by atoms with van der Waals surface area (Å²) in [4.78, 5) is 2.16. The van der Waals surface area contributed by atoms with E-state index in [9.17, 15) is 5.11 Å². The minimum atomic E-state index is 0.199. The summed E-state index contributed by atoms with van der Waals surface area (Å²) < 4.78 is 0. The van der Waals surface area contributed by atoms with Crippen LogP contribution in [0.4, 0.5) is 5.69 Å². The molecule has 0 heterocycles. The molecule has 0 radical (unpaired) electrons. The standard InChI is InChI=1S/C13H20N4OS/c1-4-17(5-2)11-7-6-10(12(18)8-11)9-15-16-13(19)14-3/h6-9,18H,4-5H2,1-3H3,(H2,14,16,19)/b15-9+. The summed E-state index contributed by atoms with van der Waals surface area (Å²) in [7, 11) is 1.71. The van der Waals surface area contributed by atoms with Crippen molar-refractivity contribution in [1.82, 2.24) is 10.7 Å². The summed E-state index contributed by atoms with van der Waals surface area (Å²) in [5.74, 6) is 0.199. The molecule has 0 unspecified atom stereocenters. The van der Waals surface area contributed by atoms with Crippen molar-refractivity contribution in [1.29, 1.82) is 0 Å². The summed E-state index contributed by atoms with van der Waals surface area (Å²) in [6, 6.07) is 5.53. The van der Waals surface area contributed by atoms with Gasteiger partial charge in [-0.25, -0.2) is 0 Å². The number of hydrazone groups is 1. The second kappa shape index (κ2) is 7.58. The molecule has 0 spiro atoms. The number of nitrogens with one attached hydrogen (secondary N) is 2. The molecule has 0 amide bonds. The Morgan fingerprint density at radius 2 is 2.11 bits per heavy atom. The maximum atomic E-state index is 9.96. The Hall–Kier alpha value is -1.82. The first kappa shape index (κ1) is 15.2. The zero-order valence-electron chi connectivity index (χ0n) is 11.5. The van der Waals surface area contributed by atoms with Crippen molar-refractivity contribution in [3.05, 3.63) is 23.8 Å². The Labute approximate surface area is 119 Å². The van der Waals surface area contributed by atoms with Gasteiger partial charge in [0.1, 0.15) is 5.75 Å². The summed E-state index contributed by atoms with van der Waals surface area (Å²) >= 11 is 4.88. The van der Waals surface area contributed by atoms with Gasteiger partial charge in [0.15, 0.2) is 5.11 Å². The van der Waals surface area contributed by atoms with Crippen LogP contribution in [0.2, 0.25) is 0 Å². The van der Waals surface area contributed by atoms with E-state index in [-0.39, 0.29) is 5.75 Å². The van der Waals surface area contributed by atoms with E-state index in [0.29, 0.717) is 10.7 Å². The number of nitrogens with zero attached hydrogens (tertiary/aromatic N) is 2. The Morgan fingerprint density at radius 3 is 2.63 bits per heavy atom. The molecule has 0 bridgehead atoms. The first-order chi connectivity index (χ1) is 9.12. The van der Waals surface area contributed by atoms with Crippen LogP contribution in [-0.4, -0.2) is 36.6 Å². The molecular formula is C13H20N4OS. The number of phenols is 1. The second-order valence-electron chi connectivity index (χ2n) is 3.86. The highest BCUT2D eigenvalue weighted by Gasteiger charge is 2.05. The SMILES string of the molecule is CCN(CC)c1ccc(/C=N/NC(=S)NC)c(O)c1. The maximum absolute atomic E-state index is 9.96. The van der Waals surface area contributed by atoms with E-state index in [1.165, 1.54) is 6.21 Å². The monoisotopic (exact) mass is 280 g/mol. The Balaban J connectivity index is 2.80. The quantitative estimate of drug-likeness (QED) is 0.435. The third kappa shape index (κ3) is 4.40. The van der Waals surface area contributed by atoms with Crippen LogP contribution < -0.4 is 15.6 Å². The lowest BCUT2D eigenvalue weighted by Crippen LogP contribution is -2.28. The van der Waals surface area contributed by atoms with Crippen LogP contribution in [0.3, 0.4) is 0 Å². The molecule has 0 aliphatic rings. The normalized spacial score (nSPS) is 10.5. The second-order valence-corrected chi connectivity index (χ2v) is 4.27. The van der Waals surface area contributed by atoms with Crippen molar-refractivity contribution >= 4 is 29.2 Å². The fourth-order valence-electron chi connectivity index (χ4n) is 1.64. The van der Waals surface area contributed by atoms with Crippen molar-refractivity contribution in [2.75, 3.05) is 25.0 Å². The number of anilines is 1. The fourth-order valence-corrected chi connectivity index (χ4v) is 1.70. The predicted molar refractivity (Wildman–Crippen MR) is 84.1 cm³/mol. The topological polar surface area (TPSA) is 59.9 Å². The summed E-state index contributed by atoms with van der Waals surface area (Å²) in [6.07, 6.45) is 1.53. The van der Waals surface area contributed by atoms with Crippen LogP contribution in [0.25, 0.3) is 0 Å². The van der Waals surface area contributed by atoms with Gasteiger partial charge >= 0.3 is 0 Å². The highest BCUT2D eigenvalue weighted by molar-refractivity contribution is 7.80. The zero-order chi connectivity index (χ0) is 14.3. The van der Waals surface area contributed by atoms with Gasteiger partial charge in [0.2, 0.25) is 0 Å². The van der Waals surface area contributed by atoms with E-state index in [2.05, 4.69) is 34.6 Å². The fraction of sp³-hybridized carbons (Fsp3) is 0.385. The number of hydrogen-bond acceptors (Lipinski definition) is 4. The number of rotatable bonds is 5. The van der Waals surface area contributed by atoms with Crippen molar-refractivity contribution in [2.24, 2.45) is 5.10 Å². The highest BCUT2D eigenvalue weighted by Crippen LogP contribution is 2.23. The van der Waals surface area contributed by atoms with Gasteiger partial charge < -0.3 is 15.3 Å². The Morgan fingerprint density at radius 1 is 1.42 bits per heavy atom. The molecule has 0 aliphatic carbocycles. The minimum absolute atomic E-state index is 0.199. The molecule has 0 aromatic heterocycles. The van der Waals surface area contributed by atoms with E-state index in [4.69, 9.17) is 12.2 Å². The third-order valence-corrected chi connectivity index (χ3v) is 3.03. The molecule has 0 aliphatic heterocycles. The Kier molecular flexibility index (Phi) is 6.08. The predicted octanol–water partition coefficient (Wildman–Crippen LogP) is 1.67. The first-order valence-corrected chi connectivity index (χ1v) is 6.61. The molecule has 6 heteroatoms. The number of aromatic hydroxyl groups is 1. The number of hydrogen-bond donors (Lipinski definition) is 3. The smallest absolute Gasteiger partial charge is 0.186 e. The van der Waals surface area contributed by atoms with E-state index < -0.39 is 0 Å². The van der Waals surface area contributed by atoms with Crippen molar-refractivity contribution in [2.45, 2.75) is 13.8 Å². The zero-order valence-corrected chi connectivity index (χ0v) is 12.3. The number of phenolic OH excluding ortho intramolecular Hbond substituents is 1. The summed E-state index contributed by atoms with van der Waals surface area (Å²) in [5, 5.41) is 17.1. The van der Waals surface area contributed by atoms with Crippen molar-refractivity contribution < 1.29 is 5.11 Å². The van der Waals surface area contributed by atoms with Gasteiger partial charge in [0.25, 0.3) is 0 Å². The lowest BCUT2D eigenvalue weighted by atomic mass is 10.2. The summed E-state index contributed by atoms with van der Waals surface area (Å²) in [6.45, 7) is 5.97. The molecule has 1 rings (SSSR count). The van der Waals surface area contributed by atoms with Gasteiger partial charge in [-0.2, -0.15) is 5.10 Å². The van der Waals surface area contributed by atoms with Crippen LogP contribution in [-0.2, 0) is 0 Å². The average molecular weight is 280 g/mol. The van der Waals surface area contributed by atoms with Crippen molar-refractivity contribution in [3.8, 4) is 5.75 Å². The van der Waals surface area contributed by atoms with Gasteiger partial charge in [-0.1, -0.05) is 0 Å². The molecule has 0 atom stereocenters. The maximum Gasteiger partial charge on any atom is 0.186 e. The highest BCUT2D eigenvalue weighted by atomic mass is 32.1. The minimum Gasteiger partial charge on any atom is -0.507 e. The van der Waals surface area contributed by atoms with Crippen LogP contribution >= 0.6 is 12.2 Å². The van der Waals surface area contributed by atoms with Crippen LogP contribution in [0.15, 0.2) is 23.3 Å². The molecule has 3 N–H and O–H groups in total. The van der Waals surface area contributed by atoms with Crippen LogP contribution in [0, 0.1) is 0 Å². The van der Waals surface area contributed by atoms with Gasteiger partial charge in [-0.3, -0.25) is 5.43 Å². The lowest BCUT2D eigenvalue weighted by Gasteiger charge is -2.21. The van der Waals surface area contributed by atoms with Crippen LogP contribution in [0.1, 0.15) is 19.4 Å². The average Bonchev–Trinajstić information content (AvgIpc) is 2.42. The lowest BCUT2D eigenvalue weighted by molar-refractivity contribution is 0.474. The first-order valence-electron chi connectivity index (χ1n) is 6.21. The van der Waals surface area contributed by atoms with E-state index in [1.807, 2.05) is 12.1 Å². The number of thiocarbonyl (C=S) groups is 1. The van der Waals surface area contributed by atoms with Gasteiger partial charge in [0, 0.05) is 37.5 Å². The number of benzene rings is 1. The van der Waals surface area contributed by atoms with Gasteiger partial charge in [-0.15, -0.1) is 0 Å². The molecule has 19 heavy (non-hydrogen) atoms.